The third-order valence-corrected chi connectivity index (χ3v) is 4.57. The zero-order chi connectivity index (χ0) is 13.6. The molecule has 0 saturated carbocycles. The van der Waals surface area contributed by atoms with Crippen LogP contribution in [0.2, 0.25) is 0 Å². The van der Waals surface area contributed by atoms with E-state index in [0.717, 1.165) is 35.0 Å². The Balaban J connectivity index is 2.07. The number of rotatable bonds is 1. The van der Waals surface area contributed by atoms with Gasteiger partial charge >= 0.3 is 0 Å². The van der Waals surface area contributed by atoms with Crippen molar-refractivity contribution in [3.63, 3.8) is 0 Å². The van der Waals surface area contributed by atoms with Crippen LogP contribution >= 0.6 is 15.9 Å². The average molecular weight is 323 g/mol. The van der Waals surface area contributed by atoms with Crippen LogP contribution in [0.25, 0.3) is 11.0 Å². The highest BCUT2D eigenvalue weighted by atomic mass is 79.9. The van der Waals surface area contributed by atoms with Crippen LogP contribution in [-0.4, -0.2) is 34.6 Å². The van der Waals surface area contributed by atoms with Crippen molar-refractivity contribution in [3.05, 3.63) is 22.7 Å². The van der Waals surface area contributed by atoms with Crippen LogP contribution in [0.5, 0.6) is 0 Å². The van der Waals surface area contributed by atoms with Crippen molar-refractivity contribution in [1.29, 1.82) is 0 Å². The van der Waals surface area contributed by atoms with E-state index < -0.39 is 0 Å². The van der Waals surface area contributed by atoms with Gasteiger partial charge in [-0.1, -0.05) is 22.9 Å². The number of hydrogen-bond donors (Lipinski definition) is 1. The van der Waals surface area contributed by atoms with E-state index in [4.69, 9.17) is 5.73 Å². The Morgan fingerprint density at radius 2 is 2.21 bits per heavy atom. The molecule has 2 aromatic rings. The minimum atomic E-state index is 0.447. The van der Waals surface area contributed by atoms with Gasteiger partial charge in [-0.15, -0.1) is 0 Å². The average Bonchev–Trinajstić information content (AvgIpc) is 2.65. The van der Waals surface area contributed by atoms with Crippen LogP contribution in [0.15, 0.2) is 22.7 Å². The van der Waals surface area contributed by atoms with Crippen LogP contribution in [0.1, 0.15) is 19.4 Å². The van der Waals surface area contributed by atoms with E-state index in [1.54, 1.807) is 0 Å². The van der Waals surface area contributed by atoms with Gasteiger partial charge in [0.2, 0.25) is 5.95 Å². The number of nitrogen functional groups attached to an aromatic ring is 1. The van der Waals surface area contributed by atoms with Crippen molar-refractivity contribution in [2.75, 3.05) is 25.9 Å². The summed E-state index contributed by atoms with van der Waals surface area (Å²) in [5.41, 5.74) is 8.27. The SMILES string of the molecule is CC1CN(C)CCC1n1c(N)nc2cc(Br)ccc21. The molecule has 19 heavy (non-hydrogen) atoms. The zero-order valence-electron chi connectivity index (χ0n) is 11.3. The topological polar surface area (TPSA) is 47.1 Å². The molecule has 0 bridgehead atoms. The molecule has 2 atom stereocenters. The molecule has 0 radical (unpaired) electrons. The molecular formula is C14H19BrN4. The lowest BCUT2D eigenvalue weighted by Crippen LogP contribution is -2.38. The Bertz CT molecular complexity index is 607. The minimum absolute atomic E-state index is 0.447. The van der Waals surface area contributed by atoms with Crippen molar-refractivity contribution in [2.24, 2.45) is 5.92 Å². The lowest BCUT2D eigenvalue weighted by molar-refractivity contribution is 0.162. The Morgan fingerprint density at radius 1 is 1.42 bits per heavy atom. The van der Waals surface area contributed by atoms with Gasteiger partial charge in [0.25, 0.3) is 0 Å². The highest BCUT2D eigenvalue weighted by molar-refractivity contribution is 9.10. The molecule has 3 rings (SSSR count). The maximum Gasteiger partial charge on any atom is 0.201 e. The molecule has 1 aliphatic rings. The summed E-state index contributed by atoms with van der Waals surface area (Å²) in [6.07, 6.45) is 1.13. The molecule has 102 valence electrons. The first kappa shape index (κ1) is 12.9. The van der Waals surface area contributed by atoms with Crippen molar-refractivity contribution in [2.45, 2.75) is 19.4 Å². The summed E-state index contributed by atoms with van der Waals surface area (Å²) in [6, 6.07) is 6.64. The third kappa shape index (κ3) is 2.25. The summed E-state index contributed by atoms with van der Waals surface area (Å²) in [7, 11) is 2.18. The van der Waals surface area contributed by atoms with E-state index in [1.807, 2.05) is 6.07 Å². The number of imidazole rings is 1. The second kappa shape index (κ2) is 4.80. The van der Waals surface area contributed by atoms with Gasteiger partial charge in [0.15, 0.2) is 0 Å². The fourth-order valence-electron chi connectivity index (χ4n) is 3.16. The minimum Gasteiger partial charge on any atom is -0.369 e. The molecule has 1 aromatic heterocycles. The first-order valence-corrected chi connectivity index (χ1v) is 7.47. The van der Waals surface area contributed by atoms with Crippen LogP contribution in [-0.2, 0) is 0 Å². The predicted molar refractivity (Wildman–Crippen MR) is 82.2 cm³/mol. The lowest BCUT2D eigenvalue weighted by Gasteiger charge is -2.36. The van der Waals surface area contributed by atoms with E-state index in [1.165, 1.54) is 0 Å². The number of nitrogens with two attached hydrogens (primary N) is 1. The van der Waals surface area contributed by atoms with Crippen LogP contribution in [0.3, 0.4) is 0 Å². The van der Waals surface area contributed by atoms with Crippen molar-refractivity contribution in [1.82, 2.24) is 14.5 Å². The third-order valence-electron chi connectivity index (χ3n) is 4.07. The summed E-state index contributed by atoms with van der Waals surface area (Å²) in [5.74, 6) is 1.22. The number of aromatic nitrogens is 2. The number of anilines is 1. The van der Waals surface area contributed by atoms with Gasteiger partial charge in [-0.25, -0.2) is 4.98 Å². The summed E-state index contributed by atoms with van der Waals surface area (Å²) < 4.78 is 3.26. The van der Waals surface area contributed by atoms with E-state index in [-0.39, 0.29) is 0 Å². The molecule has 2 unspecified atom stereocenters. The van der Waals surface area contributed by atoms with Crippen LogP contribution < -0.4 is 5.73 Å². The van der Waals surface area contributed by atoms with E-state index in [0.29, 0.717) is 17.9 Å². The number of hydrogen-bond acceptors (Lipinski definition) is 3. The molecule has 0 spiro atoms. The molecule has 5 heteroatoms. The highest BCUT2D eigenvalue weighted by Crippen LogP contribution is 2.33. The van der Waals surface area contributed by atoms with Gasteiger partial charge in [-0.3, -0.25) is 0 Å². The molecule has 2 N–H and O–H groups in total. The van der Waals surface area contributed by atoms with E-state index in [2.05, 4.69) is 56.5 Å². The quantitative estimate of drug-likeness (QED) is 0.878. The molecule has 2 heterocycles. The second-order valence-electron chi connectivity index (χ2n) is 5.57. The predicted octanol–water partition coefficient (Wildman–Crippen LogP) is 2.89. The first-order chi connectivity index (χ1) is 9.06. The maximum atomic E-state index is 6.15. The van der Waals surface area contributed by atoms with Gasteiger partial charge in [0, 0.05) is 17.1 Å². The second-order valence-corrected chi connectivity index (χ2v) is 6.48. The van der Waals surface area contributed by atoms with Crippen molar-refractivity contribution in [3.8, 4) is 0 Å². The fraction of sp³-hybridized carbons (Fsp3) is 0.500. The molecular weight excluding hydrogens is 304 g/mol. The smallest absolute Gasteiger partial charge is 0.201 e. The molecule has 1 fully saturated rings. The Hall–Kier alpha value is -1.07. The van der Waals surface area contributed by atoms with Gasteiger partial charge in [0.05, 0.1) is 11.0 Å². The maximum absolute atomic E-state index is 6.15. The Morgan fingerprint density at radius 3 is 2.95 bits per heavy atom. The van der Waals surface area contributed by atoms with Crippen LogP contribution in [0, 0.1) is 5.92 Å². The summed E-state index contributed by atoms with van der Waals surface area (Å²) in [4.78, 5) is 6.88. The molecule has 1 aliphatic heterocycles. The standard InChI is InChI=1S/C14H19BrN4/c1-9-8-18(2)6-5-12(9)19-13-4-3-10(15)7-11(13)17-14(19)16/h3-4,7,9,12H,5-6,8H2,1-2H3,(H2,16,17). The van der Waals surface area contributed by atoms with E-state index >= 15 is 0 Å². The summed E-state index contributed by atoms with van der Waals surface area (Å²) in [5, 5.41) is 0. The van der Waals surface area contributed by atoms with Gasteiger partial charge in [-0.2, -0.15) is 0 Å². The number of halogens is 1. The normalized spacial score (nSPS) is 25.0. The molecule has 1 aromatic carbocycles. The number of fused-ring (bicyclic) bond motifs is 1. The summed E-state index contributed by atoms with van der Waals surface area (Å²) in [6.45, 7) is 4.52. The molecule has 4 nitrogen and oxygen atoms in total. The Kier molecular flexibility index (Phi) is 3.27. The summed E-state index contributed by atoms with van der Waals surface area (Å²) >= 11 is 3.49. The van der Waals surface area contributed by atoms with Crippen molar-refractivity contribution < 1.29 is 0 Å². The highest BCUT2D eigenvalue weighted by Gasteiger charge is 2.28. The molecule has 0 amide bonds. The number of nitrogens with zero attached hydrogens (tertiary/aromatic N) is 3. The van der Waals surface area contributed by atoms with E-state index in [9.17, 15) is 0 Å². The van der Waals surface area contributed by atoms with Gasteiger partial charge in [-0.05, 0) is 44.1 Å². The number of piperidine rings is 1. The monoisotopic (exact) mass is 322 g/mol. The van der Waals surface area contributed by atoms with Gasteiger partial charge in [0.1, 0.15) is 0 Å². The largest absolute Gasteiger partial charge is 0.369 e. The Labute approximate surface area is 121 Å². The number of benzene rings is 1. The fourth-order valence-corrected chi connectivity index (χ4v) is 3.51. The first-order valence-electron chi connectivity index (χ1n) is 6.68. The van der Waals surface area contributed by atoms with Crippen molar-refractivity contribution >= 4 is 32.9 Å². The number of likely N-dealkylation sites (tertiary alicyclic amines) is 1. The van der Waals surface area contributed by atoms with Gasteiger partial charge < -0.3 is 15.2 Å². The zero-order valence-corrected chi connectivity index (χ0v) is 12.9. The lowest BCUT2D eigenvalue weighted by atomic mass is 9.94. The van der Waals surface area contributed by atoms with Crippen LogP contribution in [0.4, 0.5) is 5.95 Å². The molecule has 1 saturated heterocycles. The molecule has 0 aliphatic carbocycles.